The fraction of sp³-hybridized carbons (Fsp3) is 0.478. The van der Waals surface area contributed by atoms with Gasteiger partial charge in [0, 0.05) is 11.5 Å². The van der Waals surface area contributed by atoms with Gasteiger partial charge < -0.3 is 5.11 Å². The number of aliphatic hydroxyl groups is 1. The molecule has 0 aliphatic heterocycles. The lowest BCUT2D eigenvalue weighted by molar-refractivity contribution is 0.282. The van der Waals surface area contributed by atoms with Crippen molar-refractivity contribution in [3.63, 3.8) is 0 Å². The van der Waals surface area contributed by atoms with Crippen molar-refractivity contribution in [2.24, 2.45) is 0 Å². The van der Waals surface area contributed by atoms with Crippen LogP contribution in [0, 0.1) is 0 Å². The molecule has 136 valence electrons. The Hall–Kier alpha value is -1.25. The average molecular weight is 357 g/mol. The molecule has 25 heavy (non-hydrogen) atoms. The zero-order valence-electron chi connectivity index (χ0n) is 15.3. The minimum absolute atomic E-state index is 0.352. The first-order valence-corrected chi connectivity index (χ1v) is 10.8. The van der Waals surface area contributed by atoms with Crippen LogP contribution in [0.1, 0.15) is 57.8 Å². The lowest BCUT2D eigenvalue weighted by Crippen LogP contribution is -1.86. The molecule has 0 atom stereocenters. The highest BCUT2D eigenvalue weighted by Crippen LogP contribution is 2.31. The molecule has 0 saturated carbocycles. The van der Waals surface area contributed by atoms with Crippen molar-refractivity contribution in [1.29, 1.82) is 0 Å². The molecule has 0 radical (unpaired) electrons. The van der Waals surface area contributed by atoms with Gasteiger partial charge in [0.1, 0.15) is 0 Å². The predicted molar refractivity (Wildman–Crippen MR) is 111 cm³/mol. The molecule has 1 nitrogen and oxygen atoms in total. The quantitative estimate of drug-likeness (QED) is 0.309. The third kappa shape index (κ3) is 8.11. The number of benzene rings is 2. The molecular formula is C23H32OS. The number of hydrogen-bond acceptors (Lipinski definition) is 2. The normalized spacial score (nSPS) is 10.9. The molecule has 1 N–H and O–H groups in total. The van der Waals surface area contributed by atoms with E-state index in [1.165, 1.54) is 73.1 Å². The molecule has 2 heteroatoms. The van der Waals surface area contributed by atoms with Crippen molar-refractivity contribution in [3.8, 4) is 11.1 Å². The Bertz CT molecular complexity index is 567. The monoisotopic (exact) mass is 356 g/mol. The van der Waals surface area contributed by atoms with Crippen molar-refractivity contribution < 1.29 is 5.11 Å². The maximum atomic E-state index is 8.75. The first-order valence-electron chi connectivity index (χ1n) is 9.80. The van der Waals surface area contributed by atoms with Crippen LogP contribution in [0.4, 0.5) is 0 Å². The van der Waals surface area contributed by atoms with Crippen LogP contribution in [0.5, 0.6) is 0 Å². The Labute approximate surface area is 157 Å². The lowest BCUT2D eigenvalue weighted by atomic mass is 10.1. The van der Waals surface area contributed by atoms with Crippen molar-refractivity contribution >= 4 is 11.8 Å². The van der Waals surface area contributed by atoms with Gasteiger partial charge in [-0.2, -0.15) is 0 Å². The summed E-state index contributed by atoms with van der Waals surface area (Å²) >= 11 is 2.00. The summed E-state index contributed by atoms with van der Waals surface area (Å²) in [5.74, 6) is 1.21. The van der Waals surface area contributed by atoms with Crippen LogP contribution < -0.4 is 0 Å². The standard InChI is InChI=1S/C23H32OS/c24-19-13-6-4-2-1-3-5-7-14-20-25-23-18-12-11-17-22(23)21-15-9-8-10-16-21/h8-12,15-18,24H,1-7,13-14,19-20H2. The van der Waals surface area contributed by atoms with Crippen molar-refractivity contribution in [2.45, 2.75) is 62.7 Å². The van der Waals surface area contributed by atoms with E-state index < -0.39 is 0 Å². The van der Waals surface area contributed by atoms with Gasteiger partial charge in [0.15, 0.2) is 0 Å². The van der Waals surface area contributed by atoms with E-state index in [1.54, 1.807) is 0 Å². The summed E-state index contributed by atoms with van der Waals surface area (Å²) in [6.45, 7) is 0.352. The van der Waals surface area contributed by atoms with Crippen LogP contribution in [-0.4, -0.2) is 17.5 Å². The topological polar surface area (TPSA) is 20.2 Å². The zero-order chi connectivity index (χ0) is 17.6. The summed E-state index contributed by atoms with van der Waals surface area (Å²) in [5.41, 5.74) is 2.67. The maximum absolute atomic E-state index is 8.75. The van der Waals surface area contributed by atoms with E-state index >= 15 is 0 Å². The molecule has 0 fully saturated rings. The second kappa shape index (κ2) is 13.0. The second-order valence-electron chi connectivity index (χ2n) is 6.62. The van der Waals surface area contributed by atoms with Gasteiger partial charge in [0.2, 0.25) is 0 Å². The molecule has 0 saturated heterocycles. The fourth-order valence-corrected chi connectivity index (χ4v) is 4.17. The van der Waals surface area contributed by atoms with Crippen LogP contribution in [-0.2, 0) is 0 Å². The first kappa shape index (κ1) is 20.1. The number of aliphatic hydroxyl groups excluding tert-OH is 1. The van der Waals surface area contributed by atoms with E-state index in [0.717, 1.165) is 6.42 Å². The van der Waals surface area contributed by atoms with E-state index in [2.05, 4.69) is 54.6 Å². The Morgan fingerprint density at radius 1 is 0.600 bits per heavy atom. The van der Waals surface area contributed by atoms with Crippen LogP contribution in [0.3, 0.4) is 0 Å². The molecule has 0 aliphatic carbocycles. The number of thioether (sulfide) groups is 1. The van der Waals surface area contributed by atoms with Crippen LogP contribution in [0.2, 0.25) is 0 Å². The van der Waals surface area contributed by atoms with E-state index in [4.69, 9.17) is 5.11 Å². The molecule has 2 aromatic rings. The molecule has 0 aromatic heterocycles. The molecule has 0 bridgehead atoms. The van der Waals surface area contributed by atoms with E-state index in [1.807, 2.05) is 11.8 Å². The summed E-state index contributed by atoms with van der Waals surface area (Å²) in [6, 6.07) is 19.4. The van der Waals surface area contributed by atoms with Crippen molar-refractivity contribution in [2.75, 3.05) is 12.4 Å². The number of rotatable bonds is 13. The van der Waals surface area contributed by atoms with Gasteiger partial charge in [-0.1, -0.05) is 93.5 Å². The molecule has 2 rings (SSSR count). The van der Waals surface area contributed by atoms with Crippen molar-refractivity contribution in [3.05, 3.63) is 54.6 Å². The third-order valence-corrected chi connectivity index (χ3v) is 5.69. The summed E-state index contributed by atoms with van der Waals surface area (Å²) in [4.78, 5) is 1.40. The fourth-order valence-electron chi connectivity index (χ4n) is 3.08. The van der Waals surface area contributed by atoms with Gasteiger partial charge in [-0.25, -0.2) is 0 Å². The number of unbranched alkanes of at least 4 members (excludes halogenated alkanes) is 8. The SMILES string of the molecule is OCCCCCCCCCCCSc1ccccc1-c1ccccc1. The summed E-state index contributed by atoms with van der Waals surface area (Å²) < 4.78 is 0. The predicted octanol–water partition coefficient (Wildman–Crippen LogP) is 6.95. The molecule has 0 unspecified atom stereocenters. The smallest absolute Gasteiger partial charge is 0.0431 e. The van der Waals surface area contributed by atoms with E-state index in [9.17, 15) is 0 Å². The molecular weight excluding hydrogens is 324 g/mol. The Kier molecular flexibility index (Phi) is 10.5. The van der Waals surface area contributed by atoms with Gasteiger partial charge >= 0.3 is 0 Å². The largest absolute Gasteiger partial charge is 0.396 e. The lowest BCUT2D eigenvalue weighted by Gasteiger charge is -2.09. The van der Waals surface area contributed by atoms with Crippen molar-refractivity contribution in [1.82, 2.24) is 0 Å². The minimum atomic E-state index is 0.352. The van der Waals surface area contributed by atoms with Gasteiger partial charge in [-0.15, -0.1) is 11.8 Å². The van der Waals surface area contributed by atoms with Crippen LogP contribution in [0.15, 0.2) is 59.5 Å². The molecule has 0 aliphatic rings. The number of hydrogen-bond donors (Lipinski definition) is 1. The minimum Gasteiger partial charge on any atom is -0.396 e. The average Bonchev–Trinajstić information content (AvgIpc) is 2.67. The molecule has 0 amide bonds. The van der Waals surface area contributed by atoms with E-state index in [-0.39, 0.29) is 0 Å². The van der Waals surface area contributed by atoms with Gasteiger partial charge in [-0.3, -0.25) is 0 Å². The molecule has 0 heterocycles. The summed E-state index contributed by atoms with van der Waals surface area (Å²) in [7, 11) is 0. The summed E-state index contributed by atoms with van der Waals surface area (Å²) in [6.07, 6.45) is 11.5. The zero-order valence-corrected chi connectivity index (χ0v) is 16.1. The highest BCUT2D eigenvalue weighted by atomic mass is 32.2. The van der Waals surface area contributed by atoms with Gasteiger partial charge in [-0.05, 0) is 35.8 Å². The van der Waals surface area contributed by atoms with Crippen LogP contribution in [0.25, 0.3) is 11.1 Å². The Balaban J connectivity index is 1.60. The maximum Gasteiger partial charge on any atom is 0.0431 e. The highest BCUT2D eigenvalue weighted by Gasteiger charge is 2.04. The Morgan fingerprint density at radius 2 is 1.16 bits per heavy atom. The highest BCUT2D eigenvalue weighted by molar-refractivity contribution is 7.99. The third-order valence-electron chi connectivity index (χ3n) is 4.53. The molecule has 0 spiro atoms. The second-order valence-corrected chi connectivity index (χ2v) is 7.75. The Morgan fingerprint density at radius 3 is 1.84 bits per heavy atom. The first-order chi connectivity index (χ1) is 12.4. The van der Waals surface area contributed by atoms with Gasteiger partial charge in [0.25, 0.3) is 0 Å². The van der Waals surface area contributed by atoms with Gasteiger partial charge in [0.05, 0.1) is 0 Å². The van der Waals surface area contributed by atoms with E-state index in [0.29, 0.717) is 6.61 Å². The molecule has 2 aromatic carbocycles. The summed E-state index contributed by atoms with van der Waals surface area (Å²) in [5, 5.41) is 8.75. The van der Waals surface area contributed by atoms with Crippen LogP contribution >= 0.6 is 11.8 Å².